The van der Waals surface area contributed by atoms with E-state index in [0.29, 0.717) is 6.04 Å². The van der Waals surface area contributed by atoms with E-state index in [4.69, 9.17) is 4.74 Å². The van der Waals surface area contributed by atoms with Crippen molar-refractivity contribution < 1.29 is 4.74 Å². The van der Waals surface area contributed by atoms with Crippen molar-refractivity contribution in [2.24, 2.45) is 0 Å². The molecule has 0 spiro atoms. The molecule has 1 heterocycles. The molecule has 1 unspecified atom stereocenters. The van der Waals surface area contributed by atoms with Gasteiger partial charge in [-0.1, -0.05) is 35.9 Å². The molecule has 0 amide bonds. The number of methoxy groups -OCH3 is 1. The normalized spacial score (nSPS) is 19.5. The number of rotatable bonds is 2. The van der Waals surface area contributed by atoms with Gasteiger partial charge in [-0.3, -0.25) is 0 Å². The minimum Gasteiger partial charge on any atom is -0.383 e. The van der Waals surface area contributed by atoms with Gasteiger partial charge in [0.1, 0.15) is 0 Å². The third-order valence-electron chi connectivity index (χ3n) is 2.47. The second-order valence-electron chi connectivity index (χ2n) is 3.90. The molecule has 0 aromatic heterocycles. The fourth-order valence-electron chi connectivity index (χ4n) is 1.63. The molecular formula is C13H21NO. The Kier molecular flexibility index (Phi) is 6.05. The van der Waals surface area contributed by atoms with Crippen molar-refractivity contribution in [1.82, 2.24) is 5.32 Å². The van der Waals surface area contributed by atoms with Crippen LogP contribution in [0.15, 0.2) is 30.3 Å². The van der Waals surface area contributed by atoms with Crippen LogP contribution in [0.3, 0.4) is 0 Å². The fraction of sp³-hybridized carbons (Fsp3) is 0.538. The maximum Gasteiger partial charge on any atom is 0.0615 e. The van der Waals surface area contributed by atoms with Crippen LogP contribution in [0, 0.1) is 6.92 Å². The van der Waals surface area contributed by atoms with Crippen molar-refractivity contribution >= 4 is 0 Å². The van der Waals surface area contributed by atoms with E-state index in [-0.39, 0.29) is 0 Å². The summed E-state index contributed by atoms with van der Waals surface area (Å²) in [6.45, 7) is 4.13. The van der Waals surface area contributed by atoms with E-state index in [1.165, 1.54) is 24.9 Å². The number of ether oxygens (including phenoxy) is 1. The van der Waals surface area contributed by atoms with E-state index < -0.39 is 0 Å². The Balaban J connectivity index is 0.000000151. The van der Waals surface area contributed by atoms with E-state index in [1.54, 1.807) is 7.11 Å². The highest BCUT2D eigenvalue weighted by Gasteiger charge is 2.11. The first-order valence-electron chi connectivity index (χ1n) is 5.57. The third-order valence-corrected chi connectivity index (χ3v) is 2.47. The lowest BCUT2D eigenvalue weighted by atomic mass is 10.2. The second-order valence-corrected chi connectivity index (χ2v) is 3.90. The summed E-state index contributed by atoms with van der Waals surface area (Å²) in [6, 6.07) is 10.9. The van der Waals surface area contributed by atoms with Gasteiger partial charge in [-0.25, -0.2) is 0 Å². The van der Waals surface area contributed by atoms with E-state index in [0.717, 1.165) is 6.61 Å². The maximum atomic E-state index is 4.96. The molecule has 1 aromatic carbocycles. The average molecular weight is 207 g/mol. The zero-order chi connectivity index (χ0) is 10.9. The first-order valence-corrected chi connectivity index (χ1v) is 5.57. The molecule has 2 rings (SSSR count). The number of hydrogen-bond donors (Lipinski definition) is 1. The third kappa shape index (κ3) is 5.55. The van der Waals surface area contributed by atoms with Crippen LogP contribution in [-0.2, 0) is 4.74 Å². The molecule has 2 heteroatoms. The van der Waals surface area contributed by atoms with Gasteiger partial charge < -0.3 is 10.1 Å². The summed E-state index contributed by atoms with van der Waals surface area (Å²) in [7, 11) is 1.75. The Morgan fingerprint density at radius 1 is 1.33 bits per heavy atom. The van der Waals surface area contributed by atoms with Gasteiger partial charge in [-0.15, -0.1) is 0 Å². The lowest BCUT2D eigenvalue weighted by molar-refractivity contribution is 0.173. The average Bonchev–Trinajstić information content (AvgIpc) is 2.73. The molecule has 0 bridgehead atoms. The highest BCUT2D eigenvalue weighted by atomic mass is 16.5. The van der Waals surface area contributed by atoms with Crippen molar-refractivity contribution in [3.8, 4) is 0 Å². The summed E-state index contributed by atoms with van der Waals surface area (Å²) >= 11 is 0. The van der Waals surface area contributed by atoms with Gasteiger partial charge in [-0.05, 0) is 26.3 Å². The Morgan fingerprint density at radius 2 is 2.07 bits per heavy atom. The predicted octanol–water partition coefficient (Wildman–Crippen LogP) is 2.38. The molecule has 1 aromatic rings. The van der Waals surface area contributed by atoms with Crippen molar-refractivity contribution in [2.75, 3.05) is 20.3 Å². The molecule has 1 fully saturated rings. The standard InChI is InChI=1S/C7H8.C6H13NO/c1-7-5-3-2-4-6-7;1-8-5-6-3-2-4-7-6/h2-6H,1H3;6-7H,2-5H2,1H3. The van der Waals surface area contributed by atoms with Crippen LogP contribution < -0.4 is 5.32 Å². The van der Waals surface area contributed by atoms with E-state index >= 15 is 0 Å². The molecule has 15 heavy (non-hydrogen) atoms. The zero-order valence-electron chi connectivity index (χ0n) is 9.70. The van der Waals surface area contributed by atoms with Crippen molar-refractivity contribution in [3.05, 3.63) is 35.9 Å². The number of hydrogen-bond acceptors (Lipinski definition) is 2. The molecule has 1 N–H and O–H groups in total. The number of benzene rings is 1. The second kappa shape index (κ2) is 7.43. The van der Waals surface area contributed by atoms with Crippen LogP contribution in [0.2, 0.25) is 0 Å². The molecule has 1 aliphatic heterocycles. The summed E-state index contributed by atoms with van der Waals surface area (Å²) in [4.78, 5) is 0. The quantitative estimate of drug-likeness (QED) is 0.804. The van der Waals surface area contributed by atoms with Gasteiger partial charge in [0.2, 0.25) is 0 Å². The first kappa shape index (κ1) is 12.2. The summed E-state index contributed by atoms with van der Waals surface area (Å²) in [5.74, 6) is 0. The summed E-state index contributed by atoms with van der Waals surface area (Å²) in [5.41, 5.74) is 1.32. The lowest BCUT2D eigenvalue weighted by Gasteiger charge is -2.05. The van der Waals surface area contributed by atoms with Crippen LogP contribution in [-0.4, -0.2) is 26.3 Å². The Morgan fingerprint density at radius 3 is 2.47 bits per heavy atom. The molecule has 0 radical (unpaired) electrons. The molecule has 0 aliphatic carbocycles. The number of aryl methyl sites for hydroxylation is 1. The van der Waals surface area contributed by atoms with Gasteiger partial charge in [0, 0.05) is 13.2 Å². The van der Waals surface area contributed by atoms with Crippen LogP contribution in [0.4, 0.5) is 0 Å². The first-order chi connectivity index (χ1) is 7.33. The smallest absolute Gasteiger partial charge is 0.0615 e. The predicted molar refractivity (Wildman–Crippen MR) is 64.1 cm³/mol. The molecule has 1 saturated heterocycles. The molecule has 84 valence electrons. The highest BCUT2D eigenvalue weighted by molar-refractivity contribution is 5.11. The van der Waals surface area contributed by atoms with Gasteiger partial charge in [-0.2, -0.15) is 0 Å². The summed E-state index contributed by atoms with van der Waals surface area (Å²) in [5, 5.41) is 3.33. The molecule has 1 aliphatic rings. The van der Waals surface area contributed by atoms with Crippen LogP contribution >= 0.6 is 0 Å². The topological polar surface area (TPSA) is 21.3 Å². The molecule has 1 atom stereocenters. The van der Waals surface area contributed by atoms with Crippen molar-refractivity contribution in [3.63, 3.8) is 0 Å². The van der Waals surface area contributed by atoms with Crippen LogP contribution in [0.1, 0.15) is 18.4 Å². The zero-order valence-corrected chi connectivity index (χ0v) is 9.70. The maximum absolute atomic E-state index is 4.96. The minimum absolute atomic E-state index is 0.639. The fourth-order valence-corrected chi connectivity index (χ4v) is 1.63. The van der Waals surface area contributed by atoms with Crippen LogP contribution in [0.25, 0.3) is 0 Å². The minimum atomic E-state index is 0.639. The summed E-state index contributed by atoms with van der Waals surface area (Å²) in [6.07, 6.45) is 2.60. The van der Waals surface area contributed by atoms with Gasteiger partial charge in [0.25, 0.3) is 0 Å². The highest BCUT2D eigenvalue weighted by Crippen LogP contribution is 2.03. The van der Waals surface area contributed by atoms with E-state index in [1.807, 2.05) is 18.2 Å². The molecule has 0 saturated carbocycles. The summed E-state index contributed by atoms with van der Waals surface area (Å²) < 4.78 is 4.96. The van der Waals surface area contributed by atoms with Gasteiger partial charge in [0.05, 0.1) is 6.61 Å². The van der Waals surface area contributed by atoms with E-state index in [2.05, 4.69) is 24.4 Å². The van der Waals surface area contributed by atoms with E-state index in [9.17, 15) is 0 Å². The lowest BCUT2D eigenvalue weighted by Crippen LogP contribution is -2.25. The molecule has 2 nitrogen and oxygen atoms in total. The van der Waals surface area contributed by atoms with Gasteiger partial charge >= 0.3 is 0 Å². The molecular weight excluding hydrogens is 186 g/mol. The Bertz CT molecular complexity index is 242. The number of nitrogens with one attached hydrogen (secondary N) is 1. The monoisotopic (exact) mass is 207 g/mol. The largest absolute Gasteiger partial charge is 0.383 e. The SMILES string of the molecule is COCC1CCCN1.Cc1ccccc1. The van der Waals surface area contributed by atoms with Crippen LogP contribution in [0.5, 0.6) is 0 Å². The van der Waals surface area contributed by atoms with Crippen molar-refractivity contribution in [2.45, 2.75) is 25.8 Å². The Hall–Kier alpha value is -0.860. The Labute approximate surface area is 92.6 Å². The van der Waals surface area contributed by atoms with Crippen molar-refractivity contribution in [1.29, 1.82) is 0 Å². The van der Waals surface area contributed by atoms with Gasteiger partial charge in [0.15, 0.2) is 0 Å².